The zero-order valence-corrected chi connectivity index (χ0v) is 30.0. The summed E-state index contributed by atoms with van der Waals surface area (Å²) in [6.07, 6.45) is 5.87. The number of carbonyl (C=O) groups excluding carboxylic acids is 1. The number of hydrogen-bond donors (Lipinski definition) is 1. The molecule has 264 valence electrons. The number of benzene rings is 1. The Labute approximate surface area is 287 Å². The first-order valence-corrected chi connectivity index (χ1v) is 18.5. The van der Waals surface area contributed by atoms with Crippen LogP contribution in [0.5, 0.6) is 0 Å². The van der Waals surface area contributed by atoms with Crippen LogP contribution in [0.3, 0.4) is 0 Å². The van der Waals surface area contributed by atoms with Crippen LogP contribution in [0, 0.1) is 46.3 Å². The second-order valence-corrected chi connectivity index (χ2v) is 17.4. The van der Waals surface area contributed by atoms with E-state index in [-0.39, 0.29) is 59.7 Å². The van der Waals surface area contributed by atoms with Crippen molar-refractivity contribution in [2.24, 2.45) is 35.0 Å². The van der Waals surface area contributed by atoms with Crippen molar-refractivity contribution in [3.63, 3.8) is 0 Å². The van der Waals surface area contributed by atoms with Crippen molar-refractivity contribution in [3.05, 3.63) is 35.9 Å². The fourth-order valence-corrected chi connectivity index (χ4v) is 10.1. The monoisotopic (exact) mass is 666 g/mol. The minimum Gasteiger partial charge on any atom is -0.404 e. The maximum absolute atomic E-state index is 13.9. The van der Waals surface area contributed by atoms with Gasteiger partial charge in [-0.1, -0.05) is 51.1 Å². The lowest BCUT2D eigenvalue weighted by atomic mass is 9.43. The predicted octanol–water partition coefficient (Wildman–Crippen LogP) is 6.37. The first-order chi connectivity index (χ1) is 22.6. The van der Waals surface area contributed by atoms with Gasteiger partial charge in [0.15, 0.2) is 0 Å². The number of carbonyl (C=O) groups is 1. The molecule has 6 aliphatic rings. The molecule has 3 aliphatic carbocycles. The van der Waals surface area contributed by atoms with Crippen LogP contribution in [0.1, 0.15) is 92.1 Å². The molecule has 2 unspecified atom stereocenters. The SMILES string of the molecule is CC(CC(C)(C)N1CCC(F)(F)C1)C(C#N)CN1CCC[C@@H](CC(=O)N[C@@H](Cc2ccccc2)B2O[C@@H]3C[C@@H]4C[C@@H](C4(C)C)[C@]3(C)O2)C1. The van der Waals surface area contributed by atoms with E-state index in [0.717, 1.165) is 37.9 Å². The van der Waals surface area contributed by atoms with Crippen LogP contribution in [-0.2, 0) is 20.5 Å². The molecule has 10 heteroatoms. The molecule has 1 aromatic rings. The van der Waals surface area contributed by atoms with E-state index in [1.54, 1.807) is 0 Å². The van der Waals surface area contributed by atoms with E-state index < -0.39 is 18.6 Å². The van der Waals surface area contributed by atoms with Gasteiger partial charge in [0.25, 0.3) is 5.92 Å². The van der Waals surface area contributed by atoms with Gasteiger partial charge in [0.1, 0.15) is 0 Å². The number of nitrogens with one attached hydrogen (secondary N) is 1. The van der Waals surface area contributed by atoms with E-state index in [1.165, 1.54) is 6.42 Å². The summed E-state index contributed by atoms with van der Waals surface area (Å²) in [4.78, 5) is 17.9. The fourth-order valence-electron chi connectivity index (χ4n) is 10.1. The van der Waals surface area contributed by atoms with Gasteiger partial charge in [-0.05, 0) is 100 Å². The molecule has 3 heterocycles. The summed E-state index contributed by atoms with van der Waals surface area (Å²) >= 11 is 0. The van der Waals surface area contributed by atoms with Crippen molar-refractivity contribution in [1.82, 2.24) is 15.1 Å². The quantitative estimate of drug-likeness (QED) is 0.262. The number of nitriles is 1. The molecule has 2 bridgehead atoms. The van der Waals surface area contributed by atoms with Crippen LogP contribution in [0.15, 0.2) is 30.3 Å². The molecule has 1 N–H and O–H groups in total. The van der Waals surface area contributed by atoms with E-state index in [1.807, 2.05) is 36.9 Å². The van der Waals surface area contributed by atoms with Crippen LogP contribution in [0.4, 0.5) is 8.78 Å². The molecule has 7 rings (SSSR count). The number of likely N-dealkylation sites (tertiary alicyclic amines) is 2. The van der Waals surface area contributed by atoms with Gasteiger partial charge >= 0.3 is 7.12 Å². The molecular weight excluding hydrogens is 609 g/mol. The Kier molecular flexibility index (Phi) is 10.1. The van der Waals surface area contributed by atoms with Crippen molar-refractivity contribution < 1.29 is 22.9 Å². The van der Waals surface area contributed by atoms with Gasteiger partial charge in [-0.2, -0.15) is 5.26 Å². The van der Waals surface area contributed by atoms with Gasteiger partial charge in [0.05, 0.1) is 36.2 Å². The summed E-state index contributed by atoms with van der Waals surface area (Å²) in [5.41, 5.74) is 0.655. The summed E-state index contributed by atoms with van der Waals surface area (Å²) in [5, 5.41) is 13.5. The lowest BCUT2D eigenvalue weighted by Gasteiger charge is -2.64. The van der Waals surface area contributed by atoms with E-state index in [9.17, 15) is 18.8 Å². The van der Waals surface area contributed by atoms with E-state index >= 15 is 0 Å². The molecule has 1 amide bonds. The van der Waals surface area contributed by atoms with E-state index in [4.69, 9.17) is 9.31 Å². The molecule has 0 spiro atoms. The smallest absolute Gasteiger partial charge is 0.404 e. The van der Waals surface area contributed by atoms with Gasteiger partial charge < -0.3 is 19.5 Å². The molecule has 3 aliphatic heterocycles. The molecule has 0 radical (unpaired) electrons. The topological polar surface area (TPSA) is 77.8 Å². The molecule has 6 fully saturated rings. The zero-order chi connectivity index (χ0) is 34.5. The highest BCUT2D eigenvalue weighted by molar-refractivity contribution is 6.48. The van der Waals surface area contributed by atoms with Crippen molar-refractivity contribution in [2.45, 2.75) is 122 Å². The summed E-state index contributed by atoms with van der Waals surface area (Å²) in [6, 6.07) is 12.8. The highest BCUT2D eigenvalue weighted by atomic mass is 19.3. The first-order valence-electron chi connectivity index (χ1n) is 18.5. The van der Waals surface area contributed by atoms with Crippen LogP contribution in [0.25, 0.3) is 0 Å². The molecular formula is C38H57BF2N4O3. The van der Waals surface area contributed by atoms with Gasteiger partial charge in [-0.15, -0.1) is 0 Å². The molecule has 7 nitrogen and oxygen atoms in total. The van der Waals surface area contributed by atoms with E-state index in [2.05, 4.69) is 56.1 Å². The number of piperidine rings is 1. The molecule has 3 saturated carbocycles. The average molecular weight is 667 g/mol. The number of nitrogens with zero attached hydrogens (tertiary/aromatic N) is 3. The highest BCUT2D eigenvalue weighted by Gasteiger charge is 2.68. The third-order valence-corrected chi connectivity index (χ3v) is 13.2. The fraction of sp³-hybridized carbons (Fsp3) is 0.789. The summed E-state index contributed by atoms with van der Waals surface area (Å²) < 4.78 is 41.4. The Morgan fingerprint density at radius 2 is 1.94 bits per heavy atom. The van der Waals surface area contributed by atoms with Crippen molar-refractivity contribution >= 4 is 13.0 Å². The Morgan fingerprint density at radius 1 is 1.19 bits per heavy atom. The number of halogens is 2. The molecule has 8 atom stereocenters. The molecule has 3 saturated heterocycles. The van der Waals surface area contributed by atoms with Crippen molar-refractivity contribution in [3.8, 4) is 6.07 Å². The lowest BCUT2D eigenvalue weighted by Crippen LogP contribution is -2.65. The normalized spacial score (nSPS) is 33.3. The first kappa shape index (κ1) is 35.8. The molecule has 1 aromatic carbocycles. The van der Waals surface area contributed by atoms with E-state index in [0.29, 0.717) is 44.2 Å². The maximum Gasteiger partial charge on any atom is 0.482 e. The highest BCUT2D eigenvalue weighted by Crippen LogP contribution is 2.65. The van der Waals surface area contributed by atoms with Crippen LogP contribution in [-0.4, -0.2) is 84.7 Å². The van der Waals surface area contributed by atoms with Gasteiger partial charge in [0, 0.05) is 38.0 Å². The Balaban J connectivity index is 1.05. The Hall–Kier alpha value is -2.06. The van der Waals surface area contributed by atoms with Crippen LogP contribution >= 0.6 is 0 Å². The largest absolute Gasteiger partial charge is 0.482 e. The summed E-state index contributed by atoms with van der Waals surface area (Å²) in [5.74, 6) is -1.71. The summed E-state index contributed by atoms with van der Waals surface area (Å²) in [6.45, 7) is 15.6. The minimum atomic E-state index is -2.63. The zero-order valence-electron chi connectivity index (χ0n) is 30.0. The molecule has 0 aromatic heterocycles. The number of amides is 1. The standard InChI is InChI=1S/C38H57BF2N4O3/c1-26(21-35(2,3)45-16-14-38(40,41)25-45)29(22-42)24-44-15-10-13-28(23-44)18-34(46)43-33(17-27-11-8-7-9-12-27)39-47-32-20-30-19-31(36(30,4)5)37(32,6)48-39/h7-9,11-12,26,28-33H,10,13-21,23-25H2,1-6H3,(H,43,46)/t26?,28-,29?,30-,31-,32+,33-,37-/m0/s1. The van der Waals surface area contributed by atoms with Gasteiger partial charge in [-0.3, -0.25) is 9.69 Å². The second-order valence-electron chi connectivity index (χ2n) is 17.4. The third-order valence-electron chi connectivity index (χ3n) is 13.2. The second kappa shape index (κ2) is 13.6. The third kappa shape index (κ3) is 7.36. The average Bonchev–Trinajstić information content (AvgIpc) is 3.59. The summed E-state index contributed by atoms with van der Waals surface area (Å²) in [7, 11) is -0.490. The minimum absolute atomic E-state index is 0.0222. The number of rotatable bonds is 12. The Bertz CT molecular complexity index is 1340. The predicted molar refractivity (Wildman–Crippen MR) is 184 cm³/mol. The van der Waals surface area contributed by atoms with Crippen LogP contribution < -0.4 is 5.32 Å². The lowest BCUT2D eigenvalue weighted by molar-refractivity contribution is -0.199. The maximum atomic E-state index is 13.9. The number of hydrogen-bond acceptors (Lipinski definition) is 6. The van der Waals surface area contributed by atoms with Crippen LogP contribution in [0.2, 0.25) is 0 Å². The van der Waals surface area contributed by atoms with Crippen molar-refractivity contribution in [2.75, 3.05) is 32.7 Å². The Morgan fingerprint density at radius 3 is 2.60 bits per heavy atom. The molecule has 48 heavy (non-hydrogen) atoms. The van der Waals surface area contributed by atoms with Gasteiger partial charge in [-0.25, -0.2) is 8.78 Å². The van der Waals surface area contributed by atoms with Crippen molar-refractivity contribution in [1.29, 1.82) is 5.26 Å². The van der Waals surface area contributed by atoms with Gasteiger partial charge in [0.2, 0.25) is 5.91 Å². The number of alkyl halides is 2.